The monoisotopic (exact) mass is 188 g/mol. The average Bonchev–Trinajstić information content (AvgIpc) is 2.19. The van der Waals surface area contributed by atoms with Crippen LogP contribution in [0.1, 0.15) is 13.8 Å². The van der Waals surface area contributed by atoms with Gasteiger partial charge in [0.05, 0.1) is 7.11 Å². The molecule has 1 unspecified atom stereocenters. The van der Waals surface area contributed by atoms with Gasteiger partial charge in [0.2, 0.25) is 0 Å². The average molecular weight is 188 g/mol. The number of likely N-dealkylation sites (N-methyl/N-ethyl adjacent to an activating group) is 2. The molecular formula is C9H20N2O2. The maximum Gasteiger partial charge on any atom is 0.324 e. The van der Waals surface area contributed by atoms with Crippen molar-refractivity contribution in [2.45, 2.75) is 19.9 Å². The molecule has 0 aliphatic heterocycles. The molecule has 13 heavy (non-hydrogen) atoms. The predicted octanol–water partition coefficient (Wildman–Crippen LogP) is 0.0892. The van der Waals surface area contributed by atoms with Crippen molar-refractivity contribution >= 4 is 5.97 Å². The summed E-state index contributed by atoms with van der Waals surface area (Å²) in [7, 11) is 3.18. The van der Waals surface area contributed by atoms with Crippen molar-refractivity contribution < 1.29 is 9.53 Å². The second-order valence-corrected chi connectivity index (χ2v) is 2.85. The van der Waals surface area contributed by atoms with Gasteiger partial charge in [-0.3, -0.25) is 4.79 Å². The van der Waals surface area contributed by atoms with E-state index in [0.717, 1.165) is 13.1 Å². The molecule has 0 bridgehead atoms. The van der Waals surface area contributed by atoms with Gasteiger partial charge in [-0.05, 0) is 20.1 Å². The smallest absolute Gasteiger partial charge is 0.324 e. The van der Waals surface area contributed by atoms with E-state index in [1.54, 1.807) is 7.05 Å². The second kappa shape index (κ2) is 6.86. The summed E-state index contributed by atoms with van der Waals surface area (Å²) < 4.78 is 4.67. The Bertz CT molecular complexity index is 147. The van der Waals surface area contributed by atoms with Crippen LogP contribution in [-0.2, 0) is 9.53 Å². The third-order valence-corrected chi connectivity index (χ3v) is 2.17. The van der Waals surface area contributed by atoms with E-state index in [1.165, 1.54) is 7.11 Å². The second-order valence-electron chi connectivity index (χ2n) is 2.85. The van der Waals surface area contributed by atoms with Gasteiger partial charge in [-0.2, -0.15) is 0 Å². The molecule has 1 N–H and O–H groups in total. The molecule has 0 aromatic carbocycles. The number of ether oxygens (including phenoxy) is 1. The first-order valence-corrected chi connectivity index (χ1v) is 4.66. The summed E-state index contributed by atoms with van der Waals surface area (Å²) in [5.74, 6) is -0.200. The fourth-order valence-electron chi connectivity index (χ4n) is 1.17. The van der Waals surface area contributed by atoms with Crippen molar-refractivity contribution in [3.63, 3.8) is 0 Å². The highest BCUT2D eigenvalue weighted by Crippen LogP contribution is 1.93. The lowest BCUT2D eigenvalue weighted by Gasteiger charge is -2.23. The standard InChI is InChI=1S/C9H20N2O2/c1-5-11(6-2)7-8(10-3)9(12)13-4/h8,10H,5-7H2,1-4H3. The topological polar surface area (TPSA) is 41.6 Å². The molecular weight excluding hydrogens is 168 g/mol. The predicted molar refractivity (Wildman–Crippen MR) is 52.7 cm³/mol. The molecule has 0 aliphatic rings. The Morgan fingerprint density at radius 3 is 2.31 bits per heavy atom. The minimum atomic E-state index is -0.218. The van der Waals surface area contributed by atoms with Gasteiger partial charge >= 0.3 is 5.97 Å². The van der Waals surface area contributed by atoms with E-state index in [0.29, 0.717) is 6.54 Å². The molecule has 0 rings (SSSR count). The third-order valence-electron chi connectivity index (χ3n) is 2.17. The van der Waals surface area contributed by atoms with Gasteiger partial charge in [0.15, 0.2) is 0 Å². The highest BCUT2D eigenvalue weighted by molar-refractivity contribution is 5.75. The maximum atomic E-state index is 11.2. The number of hydrogen-bond acceptors (Lipinski definition) is 4. The summed E-state index contributed by atoms with van der Waals surface area (Å²) in [4.78, 5) is 13.4. The van der Waals surface area contributed by atoms with Gasteiger partial charge in [-0.15, -0.1) is 0 Å². The van der Waals surface area contributed by atoms with Gasteiger partial charge in [0.25, 0.3) is 0 Å². The Balaban J connectivity index is 4.02. The van der Waals surface area contributed by atoms with Crippen LogP contribution in [0.5, 0.6) is 0 Å². The van der Waals surface area contributed by atoms with E-state index in [9.17, 15) is 4.79 Å². The van der Waals surface area contributed by atoms with Crippen molar-refractivity contribution in [3.05, 3.63) is 0 Å². The largest absolute Gasteiger partial charge is 0.468 e. The van der Waals surface area contributed by atoms with Crippen molar-refractivity contribution in [1.29, 1.82) is 0 Å². The van der Waals surface area contributed by atoms with Gasteiger partial charge in [-0.1, -0.05) is 13.8 Å². The number of methoxy groups -OCH3 is 1. The number of nitrogens with zero attached hydrogens (tertiary/aromatic N) is 1. The zero-order valence-corrected chi connectivity index (χ0v) is 8.96. The first-order valence-electron chi connectivity index (χ1n) is 4.66. The molecule has 0 amide bonds. The molecule has 0 radical (unpaired) electrons. The minimum absolute atomic E-state index is 0.200. The first kappa shape index (κ1) is 12.4. The number of nitrogens with one attached hydrogen (secondary N) is 1. The van der Waals surface area contributed by atoms with Crippen LogP contribution in [0.2, 0.25) is 0 Å². The number of esters is 1. The molecule has 0 saturated carbocycles. The number of carbonyl (C=O) groups excluding carboxylic acids is 1. The quantitative estimate of drug-likeness (QED) is 0.600. The van der Waals surface area contributed by atoms with E-state index in [4.69, 9.17) is 0 Å². The fourth-order valence-corrected chi connectivity index (χ4v) is 1.17. The first-order chi connectivity index (χ1) is 6.19. The van der Waals surface area contributed by atoms with E-state index < -0.39 is 0 Å². The molecule has 4 nitrogen and oxygen atoms in total. The van der Waals surface area contributed by atoms with Crippen LogP contribution in [0.25, 0.3) is 0 Å². The lowest BCUT2D eigenvalue weighted by atomic mass is 10.2. The molecule has 0 fully saturated rings. The third kappa shape index (κ3) is 4.24. The molecule has 0 aliphatic carbocycles. The van der Waals surface area contributed by atoms with E-state index >= 15 is 0 Å². The SMILES string of the molecule is CCN(CC)CC(NC)C(=O)OC. The van der Waals surface area contributed by atoms with Crippen molar-refractivity contribution in [2.24, 2.45) is 0 Å². The van der Waals surface area contributed by atoms with Crippen LogP contribution in [-0.4, -0.2) is 50.7 Å². The molecule has 0 heterocycles. The van der Waals surface area contributed by atoms with Gasteiger partial charge in [0, 0.05) is 6.54 Å². The van der Waals surface area contributed by atoms with Crippen LogP contribution in [0.3, 0.4) is 0 Å². The molecule has 4 heteroatoms. The summed E-state index contributed by atoms with van der Waals surface area (Å²) >= 11 is 0. The molecule has 1 atom stereocenters. The van der Waals surface area contributed by atoms with Crippen molar-refractivity contribution in [2.75, 3.05) is 33.8 Å². The lowest BCUT2D eigenvalue weighted by molar-refractivity contribution is -0.143. The number of rotatable bonds is 6. The fraction of sp³-hybridized carbons (Fsp3) is 0.889. The zero-order valence-electron chi connectivity index (χ0n) is 8.96. The summed E-state index contributed by atoms with van der Waals surface area (Å²) in [5, 5.41) is 2.94. The number of hydrogen-bond donors (Lipinski definition) is 1. The van der Waals surface area contributed by atoms with Crippen LogP contribution in [0.15, 0.2) is 0 Å². The molecule has 0 aromatic rings. The highest BCUT2D eigenvalue weighted by atomic mass is 16.5. The molecule has 0 spiro atoms. The minimum Gasteiger partial charge on any atom is -0.468 e. The molecule has 78 valence electrons. The van der Waals surface area contributed by atoms with Crippen molar-refractivity contribution in [1.82, 2.24) is 10.2 Å². The van der Waals surface area contributed by atoms with E-state index in [2.05, 4.69) is 28.8 Å². The van der Waals surface area contributed by atoms with Crippen LogP contribution in [0.4, 0.5) is 0 Å². The van der Waals surface area contributed by atoms with Gasteiger partial charge in [0.1, 0.15) is 6.04 Å². The Morgan fingerprint density at radius 1 is 1.46 bits per heavy atom. The maximum absolute atomic E-state index is 11.2. The zero-order chi connectivity index (χ0) is 10.3. The summed E-state index contributed by atoms with van der Waals surface area (Å²) in [6.07, 6.45) is 0. The Morgan fingerprint density at radius 2 is 2.00 bits per heavy atom. The summed E-state index contributed by atoms with van der Waals surface area (Å²) in [6, 6.07) is -0.218. The summed E-state index contributed by atoms with van der Waals surface area (Å²) in [5.41, 5.74) is 0. The number of carbonyl (C=O) groups is 1. The highest BCUT2D eigenvalue weighted by Gasteiger charge is 2.18. The van der Waals surface area contributed by atoms with Crippen LogP contribution < -0.4 is 5.32 Å². The normalized spacial score (nSPS) is 13.0. The van der Waals surface area contributed by atoms with Gasteiger partial charge < -0.3 is 15.0 Å². The van der Waals surface area contributed by atoms with Gasteiger partial charge in [-0.25, -0.2) is 0 Å². The van der Waals surface area contributed by atoms with Crippen molar-refractivity contribution in [3.8, 4) is 0 Å². The molecule has 0 aromatic heterocycles. The lowest BCUT2D eigenvalue weighted by Crippen LogP contribution is -2.45. The van der Waals surface area contributed by atoms with E-state index in [1.807, 2.05) is 0 Å². The Hall–Kier alpha value is -0.610. The van der Waals surface area contributed by atoms with Crippen LogP contribution >= 0.6 is 0 Å². The van der Waals surface area contributed by atoms with Crippen LogP contribution in [0, 0.1) is 0 Å². The molecule has 0 saturated heterocycles. The Labute approximate surface area is 80.2 Å². The van der Waals surface area contributed by atoms with E-state index in [-0.39, 0.29) is 12.0 Å². The Kier molecular flexibility index (Phi) is 6.54. The summed E-state index contributed by atoms with van der Waals surface area (Å²) in [6.45, 7) is 6.76.